The predicted molar refractivity (Wildman–Crippen MR) is 99.5 cm³/mol. The molecule has 2 aliphatic rings. The molecule has 0 aromatic heterocycles. The number of nitrogens with zero attached hydrogens (tertiary/aromatic N) is 1. The van der Waals surface area contributed by atoms with Gasteiger partial charge in [0.1, 0.15) is 12.4 Å². The molecule has 5 nitrogen and oxygen atoms in total. The Morgan fingerprint density at radius 3 is 2.06 bits per heavy atom. The first-order valence-electron chi connectivity index (χ1n) is 9.89. The number of alkyl halides is 6. The first kappa shape index (κ1) is 23.2. The van der Waals surface area contributed by atoms with Crippen molar-refractivity contribution in [3.8, 4) is 5.75 Å². The minimum Gasteiger partial charge on any atom is -0.491 e. The summed E-state index contributed by atoms with van der Waals surface area (Å²) in [6.07, 6.45) is -4.97. The number of likely N-dealkylation sites (N-methyl/N-ethyl adjacent to an activating group) is 1. The number of benzene rings is 1. The van der Waals surface area contributed by atoms with Crippen LogP contribution in [-0.4, -0.2) is 36.0 Å². The standard InChI is InChI=1S/C20H23F6N3O2/c1-29-16(30)18(28-17(29)27,10-12-5-3-2-4-6-12)11-31-15-8-13(19(21,22)23)7-14(9-15)20(24,25)26/h7-9,12H,2-6,10-11H2,1H3,(H2,27,28). The Balaban J connectivity index is 1.89. The molecule has 1 heterocycles. The number of ether oxygens (including phenoxy) is 1. The lowest BCUT2D eigenvalue weighted by molar-refractivity contribution is -0.143. The second-order valence-corrected chi connectivity index (χ2v) is 8.16. The Bertz CT molecular complexity index is 816. The zero-order chi connectivity index (χ0) is 23.0. The zero-order valence-corrected chi connectivity index (χ0v) is 16.8. The molecule has 1 saturated carbocycles. The Kier molecular flexibility index (Phi) is 6.16. The summed E-state index contributed by atoms with van der Waals surface area (Å²) in [5.74, 6) is -1.18. The molecule has 1 amide bonds. The van der Waals surface area contributed by atoms with Crippen LogP contribution in [0.3, 0.4) is 0 Å². The van der Waals surface area contributed by atoms with Crippen LogP contribution in [0.15, 0.2) is 18.2 Å². The Hall–Kier alpha value is -2.46. The number of hydrogen-bond donors (Lipinski definition) is 2. The Morgan fingerprint density at radius 1 is 1.06 bits per heavy atom. The van der Waals surface area contributed by atoms with Gasteiger partial charge in [-0.25, -0.2) is 0 Å². The molecule has 0 spiro atoms. The lowest BCUT2D eigenvalue weighted by atomic mass is 9.79. The molecule has 31 heavy (non-hydrogen) atoms. The third kappa shape index (κ3) is 5.07. The van der Waals surface area contributed by atoms with Gasteiger partial charge in [-0.05, 0) is 30.5 Å². The summed E-state index contributed by atoms with van der Waals surface area (Å²) in [5.41, 5.74) is -4.40. The molecule has 1 atom stereocenters. The van der Waals surface area contributed by atoms with E-state index in [0.29, 0.717) is 12.1 Å². The van der Waals surface area contributed by atoms with Crippen molar-refractivity contribution in [2.45, 2.75) is 56.4 Å². The molecule has 1 aliphatic carbocycles. The molecule has 1 saturated heterocycles. The van der Waals surface area contributed by atoms with Crippen LogP contribution in [-0.2, 0) is 17.1 Å². The molecule has 1 unspecified atom stereocenters. The summed E-state index contributed by atoms with van der Waals surface area (Å²) in [6.45, 7) is -0.492. The van der Waals surface area contributed by atoms with Crippen molar-refractivity contribution in [3.05, 3.63) is 29.3 Å². The van der Waals surface area contributed by atoms with Crippen LogP contribution in [0, 0.1) is 11.3 Å². The van der Waals surface area contributed by atoms with Gasteiger partial charge in [0.2, 0.25) is 0 Å². The zero-order valence-electron chi connectivity index (χ0n) is 16.8. The number of guanidine groups is 1. The van der Waals surface area contributed by atoms with Crippen molar-refractivity contribution in [2.75, 3.05) is 13.7 Å². The molecule has 172 valence electrons. The second kappa shape index (κ2) is 8.23. The van der Waals surface area contributed by atoms with E-state index in [1.54, 1.807) is 0 Å². The van der Waals surface area contributed by atoms with Crippen LogP contribution in [0.1, 0.15) is 49.7 Å². The lowest BCUT2D eigenvalue weighted by Crippen LogP contribution is -2.53. The molecule has 0 radical (unpaired) electrons. The van der Waals surface area contributed by atoms with Crippen LogP contribution in [0.25, 0.3) is 0 Å². The van der Waals surface area contributed by atoms with Gasteiger partial charge in [0.25, 0.3) is 5.91 Å². The number of hydrogen-bond acceptors (Lipinski definition) is 3. The van der Waals surface area contributed by atoms with Crippen LogP contribution in [0.2, 0.25) is 0 Å². The van der Waals surface area contributed by atoms with E-state index in [0.717, 1.165) is 37.0 Å². The fraction of sp³-hybridized carbons (Fsp3) is 0.600. The van der Waals surface area contributed by atoms with E-state index in [-0.39, 0.29) is 24.4 Å². The van der Waals surface area contributed by atoms with Crippen LogP contribution < -0.4 is 10.1 Å². The number of carbonyl (C=O) groups is 1. The number of rotatable bonds is 5. The second-order valence-electron chi connectivity index (χ2n) is 8.16. The van der Waals surface area contributed by atoms with Gasteiger partial charge in [0, 0.05) is 7.05 Å². The largest absolute Gasteiger partial charge is 0.491 e. The highest BCUT2D eigenvalue weighted by Crippen LogP contribution is 2.39. The van der Waals surface area contributed by atoms with E-state index in [2.05, 4.69) is 5.32 Å². The van der Waals surface area contributed by atoms with Gasteiger partial charge in [-0.1, -0.05) is 32.1 Å². The van der Waals surface area contributed by atoms with Gasteiger partial charge in [0.15, 0.2) is 11.5 Å². The van der Waals surface area contributed by atoms with E-state index >= 15 is 0 Å². The minimum absolute atomic E-state index is 0.0209. The summed E-state index contributed by atoms with van der Waals surface area (Å²) in [7, 11) is 1.38. The summed E-state index contributed by atoms with van der Waals surface area (Å²) < 4.78 is 84.0. The van der Waals surface area contributed by atoms with Gasteiger partial charge in [0.05, 0.1) is 11.1 Å². The smallest absolute Gasteiger partial charge is 0.416 e. The molecule has 0 bridgehead atoms. The summed E-state index contributed by atoms with van der Waals surface area (Å²) in [6, 6.07) is 0.989. The first-order valence-corrected chi connectivity index (χ1v) is 9.89. The topological polar surface area (TPSA) is 65.4 Å². The van der Waals surface area contributed by atoms with Crippen molar-refractivity contribution in [1.29, 1.82) is 5.41 Å². The highest BCUT2D eigenvalue weighted by molar-refractivity contribution is 6.07. The molecular weight excluding hydrogens is 428 g/mol. The third-order valence-electron chi connectivity index (χ3n) is 5.82. The van der Waals surface area contributed by atoms with Gasteiger partial charge < -0.3 is 10.1 Å². The maximum Gasteiger partial charge on any atom is 0.416 e. The monoisotopic (exact) mass is 451 g/mol. The van der Waals surface area contributed by atoms with Crippen molar-refractivity contribution in [2.24, 2.45) is 5.92 Å². The van der Waals surface area contributed by atoms with Gasteiger partial charge >= 0.3 is 12.4 Å². The number of carbonyl (C=O) groups excluding carboxylic acids is 1. The van der Waals surface area contributed by atoms with Crippen molar-refractivity contribution < 1.29 is 35.9 Å². The van der Waals surface area contributed by atoms with Gasteiger partial charge in [-0.3, -0.25) is 15.1 Å². The van der Waals surface area contributed by atoms with E-state index in [1.165, 1.54) is 7.05 Å². The van der Waals surface area contributed by atoms with Crippen LogP contribution in [0.4, 0.5) is 26.3 Å². The predicted octanol–water partition coefficient (Wildman–Crippen LogP) is 4.81. The van der Waals surface area contributed by atoms with Crippen LogP contribution in [0.5, 0.6) is 5.75 Å². The summed E-state index contributed by atoms with van der Waals surface area (Å²) in [4.78, 5) is 13.9. The Morgan fingerprint density at radius 2 is 1.61 bits per heavy atom. The quantitative estimate of drug-likeness (QED) is 0.632. The average molecular weight is 451 g/mol. The van der Waals surface area contributed by atoms with E-state index in [1.807, 2.05) is 0 Å². The third-order valence-corrected chi connectivity index (χ3v) is 5.82. The first-order chi connectivity index (χ1) is 14.3. The summed E-state index contributed by atoms with van der Waals surface area (Å²) >= 11 is 0. The highest BCUT2D eigenvalue weighted by atomic mass is 19.4. The van der Waals surface area contributed by atoms with Gasteiger partial charge in [-0.2, -0.15) is 26.3 Å². The maximum absolute atomic E-state index is 13.1. The molecular formula is C20H23F6N3O2. The van der Waals surface area contributed by atoms with E-state index in [9.17, 15) is 31.1 Å². The number of halogens is 6. The molecule has 1 aromatic rings. The molecule has 2 fully saturated rings. The lowest BCUT2D eigenvalue weighted by Gasteiger charge is -2.32. The van der Waals surface area contributed by atoms with Crippen molar-refractivity contribution in [3.63, 3.8) is 0 Å². The molecule has 2 N–H and O–H groups in total. The van der Waals surface area contributed by atoms with E-state index in [4.69, 9.17) is 10.1 Å². The minimum atomic E-state index is -5.00. The van der Waals surface area contributed by atoms with Crippen LogP contribution >= 0.6 is 0 Å². The van der Waals surface area contributed by atoms with E-state index < -0.39 is 47.3 Å². The average Bonchev–Trinajstić information content (AvgIpc) is 2.89. The highest BCUT2D eigenvalue weighted by Gasteiger charge is 2.50. The fourth-order valence-corrected chi connectivity index (χ4v) is 4.18. The summed E-state index contributed by atoms with van der Waals surface area (Å²) in [5, 5.41) is 10.7. The Labute approximate surface area is 175 Å². The number of nitrogens with one attached hydrogen (secondary N) is 2. The molecule has 11 heteroatoms. The van der Waals surface area contributed by atoms with Crippen molar-refractivity contribution in [1.82, 2.24) is 10.2 Å². The SMILES string of the molecule is CN1C(=N)NC(COc2cc(C(F)(F)F)cc(C(F)(F)F)c2)(CC2CCCCC2)C1=O. The van der Waals surface area contributed by atoms with Gasteiger partial charge in [-0.15, -0.1) is 0 Å². The normalized spacial score (nSPS) is 23.3. The van der Waals surface area contributed by atoms with Crippen molar-refractivity contribution >= 4 is 11.9 Å². The molecule has 3 rings (SSSR count). The molecule has 1 aliphatic heterocycles. The maximum atomic E-state index is 13.1. The number of amides is 1. The molecule has 1 aromatic carbocycles. The fourth-order valence-electron chi connectivity index (χ4n) is 4.18.